The lowest BCUT2D eigenvalue weighted by Crippen LogP contribution is -2.51. The second-order valence-corrected chi connectivity index (χ2v) is 8.43. The summed E-state index contributed by atoms with van der Waals surface area (Å²) in [4.78, 5) is 36.6. The first kappa shape index (κ1) is 21.0. The average molecular weight is 378 g/mol. The summed E-state index contributed by atoms with van der Waals surface area (Å²) in [6.45, 7) is 5.92. The molecule has 27 heavy (non-hydrogen) atoms. The molecule has 0 aromatic rings. The summed E-state index contributed by atoms with van der Waals surface area (Å²) in [7, 11) is 0. The topological polar surface area (TPSA) is 120 Å². The maximum atomic E-state index is 12.7. The Hall–Kier alpha value is -2.30. The Bertz CT molecular complexity index is 604. The summed E-state index contributed by atoms with van der Waals surface area (Å²) >= 11 is 0. The number of hydrogen-bond donors (Lipinski definition) is 3. The highest BCUT2D eigenvalue weighted by atomic mass is 16.6. The van der Waals surface area contributed by atoms with Crippen LogP contribution in [0.2, 0.25) is 0 Å². The van der Waals surface area contributed by atoms with Crippen LogP contribution in [0.1, 0.15) is 59.3 Å². The van der Waals surface area contributed by atoms with Gasteiger partial charge in [0.25, 0.3) is 0 Å². The molecule has 1 aliphatic heterocycles. The first-order chi connectivity index (χ1) is 12.7. The number of ether oxygens (including phenoxy) is 1. The molecule has 0 radical (unpaired) electrons. The fourth-order valence-corrected chi connectivity index (χ4v) is 3.13. The Labute approximate surface area is 160 Å². The number of nitrogens with zero attached hydrogens (tertiary/aromatic N) is 1. The van der Waals surface area contributed by atoms with Gasteiger partial charge < -0.3 is 20.7 Å². The average Bonchev–Trinajstić information content (AvgIpc) is 3.37. The van der Waals surface area contributed by atoms with Crippen LogP contribution in [0, 0.1) is 23.2 Å². The normalized spacial score (nSPS) is 22.0. The quantitative estimate of drug-likeness (QED) is 0.621. The zero-order chi connectivity index (χ0) is 20.0. The number of hydrogen-bond acceptors (Lipinski definition) is 5. The monoisotopic (exact) mass is 378 g/mol. The van der Waals surface area contributed by atoms with Gasteiger partial charge in [-0.1, -0.05) is 12.8 Å². The van der Waals surface area contributed by atoms with Crippen LogP contribution in [0.3, 0.4) is 0 Å². The van der Waals surface area contributed by atoms with Crippen molar-refractivity contribution >= 4 is 17.9 Å². The van der Waals surface area contributed by atoms with Crippen LogP contribution in [0.15, 0.2) is 0 Å². The number of piperidine rings is 1. The minimum Gasteiger partial charge on any atom is -0.444 e. The number of carbonyl (C=O) groups excluding carboxylic acids is 3. The molecular formula is C19H30N4O4. The van der Waals surface area contributed by atoms with Crippen LogP contribution in [-0.2, 0) is 14.3 Å². The van der Waals surface area contributed by atoms with Crippen molar-refractivity contribution in [2.75, 3.05) is 6.54 Å². The molecule has 8 heteroatoms. The van der Waals surface area contributed by atoms with Gasteiger partial charge in [0.2, 0.25) is 11.8 Å². The number of rotatable bonds is 7. The van der Waals surface area contributed by atoms with Gasteiger partial charge in [0.05, 0.1) is 6.07 Å². The summed E-state index contributed by atoms with van der Waals surface area (Å²) in [6, 6.07) is 0.544. The standard InChI is InChI=1S/C19H30N4O4/c1-19(2,3)27-18(26)23-15(9-12-6-7-12)17(25)22-14(11-20)10-13-5-4-8-21-16(13)24/h12-15H,4-10H2,1-3H3,(H,21,24)(H,22,25)(H,23,26)/t13-,14-,15-/m0/s1. The lowest BCUT2D eigenvalue weighted by molar-refractivity contribution is -0.128. The smallest absolute Gasteiger partial charge is 0.408 e. The number of nitrogens with one attached hydrogen (secondary N) is 3. The molecule has 2 rings (SSSR count). The van der Waals surface area contributed by atoms with Gasteiger partial charge in [0, 0.05) is 12.5 Å². The molecule has 0 spiro atoms. The molecule has 0 bridgehead atoms. The first-order valence-electron chi connectivity index (χ1n) is 9.65. The fourth-order valence-electron chi connectivity index (χ4n) is 3.13. The Kier molecular flexibility index (Phi) is 7.05. The van der Waals surface area contributed by atoms with E-state index in [1.54, 1.807) is 20.8 Å². The minimum absolute atomic E-state index is 0.0721. The van der Waals surface area contributed by atoms with Crippen molar-refractivity contribution in [3.05, 3.63) is 0 Å². The van der Waals surface area contributed by atoms with E-state index in [9.17, 15) is 19.6 Å². The largest absolute Gasteiger partial charge is 0.444 e. The van der Waals surface area contributed by atoms with Crippen molar-refractivity contribution in [1.29, 1.82) is 5.26 Å². The summed E-state index contributed by atoms with van der Waals surface area (Å²) < 4.78 is 5.24. The molecule has 1 saturated heterocycles. The van der Waals surface area contributed by atoms with Gasteiger partial charge in [-0.3, -0.25) is 9.59 Å². The van der Waals surface area contributed by atoms with Gasteiger partial charge in [0.15, 0.2) is 0 Å². The molecule has 3 N–H and O–H groups in total. The number of nitriles is 1. The number of carbonyl (C=O) groups is 3. The Morgan fingerprint density at radius 1 is 1.26 bits per heavy atom. The molecule has 1 saturated carbocycles. The molecule has 8 nitrogen and oxygen atoms in total. The fraction of sp³-hybridized carbons (Fsp3) is 0.789. The van der Waals surface area contributed by atoms with E-state index in [0.29, 0.717) is 25.3 Å². The van der Waals surface area contributed by atoms with Crippen LogP contribution in [0.4, 0.5) is 4.79 Å². The maximum Gasteiger partial charge on any atom is 0.408 e. The third-order valence-corrected chi connectivity index (χ3v) is 4.67. The van der Waals surface area contributed by atoms with Crippen LogP contribution >= 0.6 is 0 Å². The third-order valence-electron chi connectivity index (χ3n) is 4.67. The minimum atomic E-state index is -0.770. The molecule has 1 heterocycles. The van der Waals surface area contributed by atoms with E-state index in [0.717, 1.165) is 19.3 Å². The van der Waals surface area contributed by atoms with Crippen LogP contribution in [0.25, 0.3) is 0 Å². The summed E-state index contributed by atoms with van der Waals surface area (Å²) in [5.41, 5.74) is -0.659. The highest BCUT2D eigenvalue weighted by Crippen LogP contribution is 2.33. The second-order valence-electron chi connectivity index (χ2n) is 8.43. The van der Waals surface area contributed by atoms with E-state index in [4.69, 9.17) is 4.74 Å². The van der Waals surface area contributed by atoms with Crippen molar-refractivity contribution in [3.63, 3.8) is 0 Å². The molecule has 3 amide bonds. The lowest BCUT2D eigenvalue weighted by atomic mass is 9.92. The van der Waals surface area contributed by atoms with Crippen molar-refractivity contribution < 1.29 is 19.1 Å². The van der Waals surface area contributed by atoms with Gasteiger partial charge in [-0.25, -0.2) is 4.79 Å². The first-order valence-corrected chi connectivity index (χ1v) is 9.65. The van der Waals surface area contributed by atoms with Gasteiger partial charge in [-0.15, -0.1) is 0 Å². The zero-order valence-corrected chi connectivity index (χ0v) is 16.3. The summed E-state index contributed by atoms with van der Waals surface area (Å²) in [6.07, 6.45) is 3.79. The molecule has 1 aliphatic carbocycles. The van der Waals surface area contributed by atoms with E-state index in [1.807, 2.05) is 0 Å². The Morgan fingerprint density at radius 3 is 2.52 bits per heavy atom. The molecule has 0 unspecified atom stereocenters. The Morgan fingerprint density at radius 2 is 1.96 bits per heavy atom. The van der Waals surface area contributed by atoms with Crippen molar-refractivity contribution in [2.24, 2.45) is 11.8 Å². The molecule has 3 atom stereocenters. The van der Waals surface area contributed by atoms with Gasteiger partial charge in [-0.2, -0.15) is 5.26 Å². The number of alkyl carbamates (subject to hydrolysis) is 1. The highest BCUT2D eigenvalue weighted by molar-refractivity contribution is 5.86. The summed E-state index contributed by atoms with van der Waals surface area (Å²) in [5.74, 6) is -0.350. The molecule has 2 aliphatic rings. The number of amides is 3. The van der Waals surface area contributed by atoms with Gasteiger partial charge in [-0.05, 0) is 52.4 Å². The zero-order valence-electron chi connectivity index (χ0n) is 16.3. The van der Waals surface area contributed by atoms with Crippen LogP contribution in [-0.4, -0.2) is 42.1 Å². The van der Waals surface area contributed by atoms with Crippen molar-refractivity contribution in [1.82, 2.24) is 16.0 Å². The van der Waals surface area contributed by atoms with Crippen molar-refractivity contribution in [2.45, 2.75) is 77.0 Å². The lowest BCUT2D eigenvalue weighted by Gasteiger charge is -2.26. The van der Waals surface area contributed by atoms with Crippen molar-refractivity contribution in [3.8, 4) is 6.07 Å². The van der Waals surface area contributed by atoms with E-state index in [1.165, 1.54) is 0 Å². The predicted molar refractivity (Wildman–Crippen MR) is 98.4 cm³/mol. The van der Waals surface area contributed by atoms with E-state index in [-0.39, 0.29) is 18.2 Å². The maximum absolute atomic E-state index is 12.7. The van der Waals surface area contributed by atoms with E-state index >= 15 is 0 Å². The summed E-state index contributed by atoms with van der Waals surface area (Å²) in [5, 5.41) is 17.5. The van der Waals surface area contributed by atoms with Gasteiger partial charge in [0.1, 0.15) is 17.7 Å². The highest BCUT2D eigenvalue weighted by Gasteiger charge is 2.33. The second kappa shape index (κ2) is 9.07. The van der Waals surface area contributed by atoms with Crippen LogP contribution < -0.4 is 16.0 Å². The molecule has 2 fully saturated rings. The van der Waals surface area contributed by atoms with Gasteiger partial charge >= 0.3 is 6.09 Å². The molecule has 150 valence electrons. The molecular weight excluding hydrogens is 348 g/mol. The van der Waals surface area contributed by atoms with E-state index in [2.05, 4.69) is 22.0 Å². The molecule has 0 aromatic heterocycles. The SMILES string of the molecule is CC(C)(C)OC(=O)N[C@@H](CC1CC1)C(=O)N[C@H](C#N)C[C@@H]1CCCNC1=O. The van der Waals surface area contributed by atoms with Crippen LogP contribution in [0.5, 0.6) is 0 Å². The Balaban J connectivity index is 1.93. The van der Waals surface area contributed by atoms with E-state index < -0.39 is 29.7 Å². The third kappa shape index (κ3) is 7.45. The molecule has 0 aromatic carbocycles. The predicted octanol–water partition coefficient (Wildman–Crippen LogP) is 1.60.